The summed E-state index contributed by atoms with van der Waals surface area (Å²) in [5.41, 5.74) is 0.867. The van der Waals surface area contributed by atoms with E-state index < -0.39 is 0 Å². The lowest BCUT2D eigenvalue weighted by Gasteiger charge is -2.22. The molecule has 0 atom stereocenters. The van der Waals surface area contributed by atoms with Gasteiger partial charge in [-0.25, -0.2) is 0 Å². The average molecular weight is 347 g/mol. The lowest BCUT2D eigenvalue weighted by Crippen LogP contribution is -2.35. The van der Waals surface area contributed by atoms with E-state index >= 15 is 0 Å². The average Bonchev–Trinajstić information content (AvgIpc) is 2.76. The van der Waals surface area contributed by atoms with Crippen LogP contribution in [0, 0.1) is 0 Å². The van der Waals surface area contributed by atoms with Crippen molar-refractivity contribution in [2.24, 2.45) is 0 Å². The second kappa shape index (κ2) is 7.90. The third-order valence-corrected chi connectivity index (χ3v) is 3.99. The second-order valence-electron chi connectivity index (χ2n) is 5.26. The van der Waals surface area contributed by atoms with E-state index in [0.29, 0.717) is 36.2 Å². The minimum Gasteiger partial charge on any atom is -0.486 e. The Labute approximate surface area is 141 Å². The normalized spacial score (nSPS) is 17.4. The largest absolute Gasteiger partial charge is 0.486 e. The highest BCUT2D eigenvalue weighted by molar-refractivity contribution is 6.32. The van der Waals surface area contributed by atoms with E-state index in [1.54, 1.807) is 6.07 Å². The lowest BCUT2D eigenvalue weighted by molar-refractivity contribution is -0.130. The summed E-state index contributed by atoms with van der Waals surface area (Å²) in [7, 11) is 0. The van der Waals surface area contributed by atoms with Gasteiger partial charge in [0.15, 0.2) is 11.5 Å². The standard InChI is InChI=1S/C15H19ClN2O3.ClH/c16-12-8-11(9-13-15(12)21-7-6-20-13)10-14(19)18-4-1-2-17-3-5-18;/h8-9,17H,1-7,10H2;1H. The molecule has 0 radical (unpaired) electrons. The van der Waals surface area contributed by atoms with Gasteiger partial charge in [-0.2, -0.15) is 0 Å². The van der Waals surface area contributed by atoms with Crippen molar-refractivity contribution in [2.75, 3.05) is 39.4 Å². The SMILES string of the molecule is Cl.O=C(Cc1cc(Cl)c2c(c1)OCCO2)N1CCCNCC1. The summed E-state index contributed by atoms with van der Waals surface area (Å²) < 4.78 is 11.0. The predicted octanol–water partition coefficient (Wildman–Crippen LogP) is 1.90. The number of hydrogen-bond donors (Lipinski definition) is 1. The Balaban J connectivity index is 0.00000176. The maximum atomic E-state index is 12.4. The Morgan fingerprint density at radius 1 is 1.23 bits per heavy atom. The highest BCUT2D eigenvalue weighted by atomic mass is 35.5. The molecule has 1 saturated heterocycles. The van der Waals surface area contributed by atoms with Crippen molar-refractivity contribution in [1.29, 1.82) is 0 Å². The van der Waals surface area contributed by atoms with E-state index in [2.05, 4.69) is 5.32 Å². The molecule has 1 aromatic rings. The van der Waals surface area contributed by atoms with Crippen molar-refractivity contribution in [3.63, 3.8) is 0 Å². The molecule has 5 nitrogen and oxygen atoms in total. The number of rotatable bonds is 2. The number of hydrogen-bond acceptors (Lipinski definition) is 4. The minimum atomic E-state index is 0. The van der Waals surface area contributed by atoms with Crippen molar-refractivity contribution in [3.05, 3.63) is 22.7 Å². The maximum Gasteiger partial charge on any atom is 0.227 e. The highest BCUT2D eigenvalue weighted by Crippen LogP contribution is 2.38. The first-order valence-corrected chi connectivity index (χ1v) is 7.68. The van der Waals surface area contributed by atoms with Crippen LogP contribution in [0.2, 0.25) is 5.02 Å². The predicted molar refractivity (Wildman–Crippen MR) is 87.5 cm³/mol. The van der Waals surface area contributed by atoms with Gasteiger partial charge in [-0.1, -0.05) is 11.6 Å². The molecule has 0 bridgehead atoms. The lowest BCUT2D eigenvalue weighted by atomic mass is 10.1. The topological polar surface area (TPSA) is 50.8 Å². The van der Waals surface area contributed by atoms with Crippen molar-refractivity contribution in [3.8, 4) is 11.5 Å². The van der Waals surface area contributed by atoms with Crippen LogP contribution in [0.5, 0.6) is 11.5 Å². The Hall–Kier alpha value is -1.17. The van der Waals surface area contributed by atoms with Gasteiger partial charge in [0.05, 0.1) is 11.4 Å². The summed E-state index contributed by atoms with van der Waals surface area (Å²) in [4.78, 5) is 14.3. The summed E-state index contributed by atoms with van der Waals surface area (Å²) in [6, 6.07) is 3.65. The van der Waals surface area contributed by atoms with Crippen LogP contribution in [-0.2, 0) is 11.2 Å². The molecule has 2 aliphatic heterocycles. The van der Waals surface area contributed by atoms with Gasteiger partial charge in [-0.05, 0) is 30.7 Å². The molecule has 3 rings (SSSR count). The van der Waals surface area contributed by atoms with Crippen LogP contribution in [0.25, 0.3) is 0 Å². The monoisotopic (exact) mass is 346 g/mol. The maximum absolute atomic E-state index is 12.4. The van der Waals surface area contributed by atoms with Crippen LogP contribution < -0.4 is 14.8 Å². The number of halogens is 2. The molecule has 0 unspecified atom stereocenters. The summed E-state index contributed by atoms with van der Waals surface area (Å²) >= 11 is 6.20. The fraction of sp³-hybridized carbons (Fsp3) is 0.533. The fourth-order valence-electron chi connectivity index (χ4n) is 2.65. The number of carbonyl (C=O) groups excluding carboxylic acids is 1. The molecule has 2 heterocycles. The fourth-order valence-corrected chi connectivity index (χ4v) is 2.94. The van der Waals surface area contributed by atoms with Crippen LogP contribution in [-0.4, -0.2) is 50.2 Å². The first kappa shape index (κ1) is 17.2. The number of nitrogens with zero attached hydrogens (tertiary/aromatic N) is 1. The van der Waals surface area contributed by atoms with Crippen LogP contribution in [0.15, 0.2) is 12.1 Å². The van der Waals surface area contributed by atoms with Gasteiger partial charge in [-0.3, -0.25) is 4.79 Å². The van der Waals surface area contributed by atoms with Crippen molar-refractivity contribution in [1.82, 2.24) is 10.2 Å². The van der Waals surface area contributed by atoms with Gasteiger partial charge in [0.1, 0.15) is 13.2 Å². The Morgan fingerprint density at radius 3 is 2.91 bits per heavy atom. The van der Waals surface area contributed by atoms with Crippen molar-refractivity contribution >= 4 is 29.9 Å². The molecule has 0 saturated carbocycles. The van der Waals surface area contributed by atoms with E-state index in [9.17, 15) is 4.79 Å². The zero-order valence-electron chi connectivity index (χ0n) is 12.3. The number of amides is 1. The molecule has 1 N–H and O–H groups in total. The summed E-state index contributed by atoms with van der Waals surface area (Å²) in [6.45, 7) is 4.42. The molecule has 1 fully saturated rings. The van der Waals surface area contributed by atoms with E-state index in [0.717, 1.165) is 38.2 Å². The van der Waals surface area contributed by atoms with Gasteiger partial charge in [-0.15, -0.1) is 12.4 Å². The molecule has 122 valence electrons. The zero-order valence-corrected chi connectivity index (χ0v) is 13.8. The number of benzene rings is 1. The van der Waals surface area contributed by atoms with E-state index in [1.165, 1.54) is 0 Å². The smallest absolute Gasteiger partial charge is 0.227 e. The first-order valence-electron chi connectivity index (χ1n) is 7.30. The van der Waals surface area contributed by atoms with E-state index in [-0.39, 0.29) is 18.3 Å². The molecule has 0 aliphatic carbocycles. The molecule has 0 aromatic heterocycles. The molecule has 0 spiro atoms. The Kier molecular flexibility index (Phi) is 6.17. The third kappa shape index (κ3) is 3.97. The summed E-state index contributed by atoms with van der Waals surface area (Å²) in [5.74, 6) is 1.35. The summed E-state index contributed by atoms with van der Waals surface area (Å²) in [5, 5.41) is 3.80. The second-order valence-corrected chi connectivity index (χ2v) is 5.67. The van der Waals surface area contributed by atoms with Gasteiger partial charge in [0.2, 0.25) is 5.91 Å². The minimum absolute atomic E-state index is 0. The van der Waals surface area contributed by atoms with Crippen LogP contribution >= 0.6 is 24.0 Å². The Bertz CT molecular complexity index is 532. The van der Waals surface area contributed by atoms with Gasteiger partial charge in [0.25, 0.3) is 0 Å². The van der Waals surface area contributed by atoms with Crippen LogP contribution in [0.4, 0.5) is 0 Å². The van der Waals surface area contributed by atoms with Crippen molar-refractivity contribution < 1.29 is 14.3 Å². The molecular weight excluding hydrogens is 327 g/mol. The number of fused-ring (bicyclic) bond motifs is 1. The molecule has 22 heavy (non-hydrogen) atoms. The first-order chi connectivity index (χ1) is 10.2. The van der Waals surface area contributed by atoms with Crippen molar-refractivity contribution in [2.45, 2.75) is 12.8 Å². The molecule has 1 amide bonds. The van der Waals surface area contributed by atoms with Gasteiger partial charge in [0, 0.05) is 19.6 Å². The van der Waals surface area contributed by atoms with E-state index in [4.69, 9.17) is 21.1 Å². The van der Waals surface area contributed by atoms with Gasteiger partial charge < -0.3 is 19.7 Å². The van der Waals surface area contributed by atoms with Crippen LogP contribution in [0.1, 0.15) is 12.0 Å². The quantitative estimate of drug-likeness (QED) is 0.888. The highest BCUT2D eigenvalue weighted by Gasteiger charge is 2.20. The number of nitrogens with one attached hydrogen (secondary N) is 1. The summed E-state index contributed by atoms with van der Waals surface area (Å²) in [6.07, 6.45) is 1.34. The van der Waals surface area contributed by atoms with Crippen LogP contribution in [0.3, 0.4) is 0 Å². The number of carbonyl (C=O) groups is 1. The van der Waals surface area contributed by atoms with Gasteiger partial charge >= 0.3 is 0 Å². The molecule has 1 aromatic carbocycles. The number of ether oxygens (including phenoxy) is 2. The van der Waals surface area contributed by atoms with E-state index in [1.807, 2.05) is 11.0 Å². The molecular formula is C15H20Cl2N2O3. The zero-order chi connectivity index (χ0) is 14.7. The molecule has 7 heteroatoms. The Morgan fingerprint density at radius 2 is 2.05 bits per heavy atom. The molecule has 2 aliphatic rings. The third-order valence-electron chi connectivity index (χ3n) is 3.70.